The van der Waals surface area contributed by atoms with E-state index in [0.29, 0.717) is 13.2 Å². The van der Waals surface area contributed by atoms with Crippen molar-refractivity contribution in [1.82, 2.24) is 0 Å². The zero-order valence-corrected chi connectivity index (χ0v) is 10.9. The standard InChI is InChI=1S/C15H18O4/c1-11(16)19-15-8-7-14(17)13(15)10-18-9-12-5-3-2-4-6-12/h2-8,13-15,17H,9-10H2,1H3/t13-,14+,15+/m1/s1. The molecule has 0 spiro atoms. The first-order valence-corrected chi connectivity index (χ1v) is 6.32. The summed E-state index contributed by atoms with van der Waals surface area (Å²) in [5.74, 6) is -0.579. The molecule has 4 nitrogen and oxygen atoms in total. The number of aliphatic hydroxyl groups is 1. The molecule has 0 aliphatic heterocycles. The molecule has 0 amide bonds. The summed E-state index contributed by atoms with van der Waals surface area (Å²) in [7, 11) is 0. The van der Waals surface area contributed by atoms with Crippen LogP contribution in [0.5, 0.6) is 0 Å². The van der Waals surface area contributed by atoms with Crippen molar-refractivity contribution in [3.8, 4) is 0 Å². The number of carbonyl (C=O) groups excluding carboxylic acids is 1. The molecule has 1 aliphatic rings. The Morgan fingerprint density at radius 3 is 2.68 bits per heavy atom. The lowest BCUT2D eigenvalue weighted by Crippen LogP contribution is -2.31. The van der Waals surface area contributed by atoms with Crippen LogP contribution in [-0.2, 0) is 20.9 Å². The normalized spacial score (nSPS) is 25.5. The minimum absolute atomic E-state index is 0.229. The Bertz CT molecular complexity index is 441. The zero-order valence-electron chi connectivity index (χ0n) is 10.9. The first kappa shape index (κ1) is 13.8. The third kappa shape index (κ3) is 3.91. The van der Waals surface area contributed by atoms with Crippen LogP contribution < -0.4 is 0 Å². The van der Waals surface area contributed by atoms with Gasteiger partial charge < -0.3 is 14.6 Å². The van der Waals surface area contributed by atoms with Gasteiger partial charge in [-0.25, -0.2) is 0 Å². The smallest absolute Gasteiger partial charge is 0.303 e. The van der Waals surface area contributed by atoms with Gasteiger partial charge in [0.05, 0.1) is 25.2 Å². The highest BCUT2D eigenvalue weighted by Gasteiger charge is 2.32. The van der Waals surface area contributed by atoms with Crippen LogP contribution in [0, 0.1) is 5.92 Å². The predicted octanol–water partition coefficient (Wildman–Crippen LogP) is 1.68. The van der Waals surface area contributed by atoms with E-state index in [2.05, 4.69) is 0 Å². The van der Waals surface area contributed by atoms with Crippen molar-refractivity contribution < 1.29 is 19.4 Å². The Balaban J connectivity index is 1.82. The molecule has 0 radical (unpaired) electrons. The van der Waals surface area contributed by atoms with Crippen molar-refractivity contribution in [3.05, 3.63) is 48.0 Å². The van der Waals surface area contributed by atoms with E-state index in [-0.39, 0.29) is 11.9 Å². The lowest BCUT2D eigenvalue weighted by atomic mass is 10.0. The van der Waals surface area contributed by atoms with Gasteiger partial charge in [-0.1, -0.05) is 36.4 Å². The Kier molecular flexibility index (Phi) is 4.71. The average molecular weight is 262 g/mol. The average Bonchev–Trinajstić information content (AvgIpc) is 2.72. The molecule has 0 unspecified atom stereocenters. The summed E-state index contributed by atoms with van der Waals surface area (Å²) in [6, 6.07) is 9.81. The van der Waals surface area contributed by atoms with Gasteiger partial charge in [0.15, 0.2) is 0 Å². The Labute approximate surface area is 112 Å². The monoisotopic (exact) mass is 262 g/mol. The van der Waals surface area contributed by atoms with Crippen LogP contribution in [-0.4, -0.2) is 29.9 Å². The van der Waals surface area contributed by atoms with Crippen LogP contribution in [0.2, 0.25) is 0 Å². The van der Waals surface area contributed by atoms with Crippen LogP contribution in [0.25, 0.3) is 0 Å². The molecule has 0 saturated heterocycles. The first-order valence-electron chi connectivity index (χ1n) is 6.32. The second kappa shape index (κ2) is 6.50. The molecule has 2 rings (SSSR count). The van der Waals surface area contributed by atoms with Gasteiger partial charge in [0.2, 0.25) is 0 Å². The SMILES string of the molecule is CC(=O)O[C@H]1C=C[C@H](O)[C@H]1COCc1ccccc1. The molecule has 1 aromatic rings. The highest BCUT2D eigenvalue weighted by Crippen LogP contribution is 2.23. The van der Waals surface area contributed by atoms with Gasteiger partial charge in [0.25, 0.3) is 0 Å². The molecule has 1 aromatic carbocycles. The van der Waals surface area contributed by atoms with Crippen molar-refractivity contribution in [2.45, 2.75) is 25.7 Å². The van der Waals surface area contributed by atoms with Crippen LogP contribution >= 0.6 is 0 Å². The van der Waals surface area contributed by atoms with E-state index < -0.39 is 12.2 Å². The highest BCUT2D eigenvalue weighted by molar-refractivity contribution is 5.66. The van der Waals surface area contributed by atoms with Gasteiger partial charge in [-0.2, -0.15) is 0 Å². The van der Waals surface area contributed by atoms with Gasteiger partial charge in [0, 0.05) is 6.92 Å². The van der Waals surface area contributed by atoms with E-state index >= 15 is 0 Å². The number of aliphatic hydroxyl groups excluding tert-OH is 1. The minimum Gasteiger partial charge on any atom is -0.458 e. The first-order chi connectivity index (χ1) is 9.16. The molecule has 1 N–H and O–H groups in total. The van der Waals surface area contributed by atoms with Gasteiger partial charge in [-0.05, 0) is 11.6 Å². The maximum Gasteiger partial charge on any atom is 0.303 e. The van der Waals surface area contributed by atoms with Crippen molar-refractivity contribution in [2.75, 3.05) is 6.61 Å². The van der Waals surface area contributed by atoms with E-state index in [4.69, 9.17) is 9.47 Å². The molecular formula is C15H18O4. The van der Waals surface area contributed by atoms with E-state index in [9.17, 15) is 9.90 Å². The number of hydrogen-bond acceptors (Lipinski definition) is 4. The quantitative estimate of drug-likeness (QED) is 0.648. The lowest BCUT2D eigenvalue weighted by Gasteiger charge is -2.21. The van der Waals surface area contributed by atoms with E-state index in [0.717, 1.165) is 5.56 Å². The number of ether oxygens (including phenoxy) is 2. The van der Waals surface area contributed by atoms with Gasteiger partial charge >= 0.3 is 5.97 Å². The summed E-state index contributed by atoms with van der Waals surface area (Å²) in [5.41, 5.74) is 1.08. The number of esters is 1. The molecule has 1 aliphatic carbocycles. The third-order valence-corrected chi connectivity index (χ3v) is 3.08. The number of hydrogen-bond donors (Lipinski definition) is 1. The minimum atomic E-state index is -0.625. The number of carbonyl (C=O) groups is 1. The summed E-state index contributed by atoms with van der Waals surface area (Å²) in [5, 5.41) is 9.81. The number of benzene rings is 1. The van der Waals surface area contributed by atoms with Crippen molar-refractivity contribution in [1.29, 1.82) is 0 Å². The molecule has 0 saturated carbocycles. The Morgan fingerprint density at radius 1 is 1.26 bits per heavy atom. The fraction of sp³-hybridized carbons (Fsp3) is 0.400. The molecule has 0 aromatic heterocycles. The van der Waals surface area contributed by atoms with E-state index in [1.165, 1.54) is 6.92 Å². The van der Waals surface area contributed by atoms with Gasteiger partial charge in [0.1, 0.15) is 6.10 Å². The maximum absolute atomic E-state index is 11.0. The molecule has 0 heterocycles. The Morgan fingerprint density at radius 2 is 2.00 bits per heavy atom. The largest absolute Gasteiger partial charge is 0.458 e. The molecule has 0 bridgehead atoms. The van der Waals surface area contributed by atoms with Crippen molar-refractivity contribution in [3.63, 3.8) is 0 Å². The summed E-state index contributed by atoms with van der Waals surface area (Å²) in [6.07, 6.45) is 2.33. The second-order valence-corrected chi connectivity index (χ2v) is 4.61. The molecular weight excluding hydrogens is 244 g/mol. The fourth-order valence-corrected chi connectivity index (χ4v) is 2.10. The van der Waals surface area contributed by atoms with Gasteiger partial charge in [-0.3, -0.25) is 4.79 Å². The van der Waals surface area contributed by atoms with Crippen molar-refractivity contribution >= 4 is 5.97 Å². The lowest BCUT2D eigenvalue weighted by molar-refractivity contribution is -0.148. The van der Waals surface area contributed by atoms with Crippen LogP contribution in [0.1, 0.15) is 12.5 Å². The second-order valence-electron chi connectivity index (χ2n) is 4.61. The molecule has 3 atom stereocenters. The van der Waals surface area contributed by atoms with Crippen LogP contribution in [0.15, 0.2) is 42.5 Å². The zero-order chi connectivity index (χ0) is 13.7. The van der Waals surface area contributed by atoms with Crippen molar-refractivity contribution in [2.24, 2.45) is 5.92 Å². The van der Waals surface area contributed by atoms with E-state index in [1.807, 2.05) is 30.3 Å². The summed E-state index contributed by atoms with van der Waals surface area (Å²) in [4.78, 5) is 11.0. The summed E-state index contributed by atoms with van der Waals surface area (Å²) in [6.45, 7) is 2.19. The van der Waals surface area contributed by atoms with E-state index in [1.54, 1.807) is 12.2 Å². The Hall–Kier alpha value is -1.65. The fourth-order valence-electron chi connectivity index (χ4n) is 2.10. The third-order valence-electron chi connectivity index (χ3n) is 3.08. The summed E-state index contributed by atoms with van der Waals surface area (Å²) >= 11 is 0. The molecule has 0 fully saturated rings. The van der Waals surface area contributed by atoms with Gasteiger partial charge in [-0.15, -0.1) is 0 Å². The molecule has 19 heavy (non-hydrogen) atoms. The highest BCUT2D eigenvalue weighted by atomic mass is 16.5. The number of rotatable bonds is 5. The molecule has 102 valence electrons. The van der Waals surface area contributed by atoms with Crippen LogP contribution in [0.4, 0.5) is 0 Å². The predicted molar refractivity (Wildman–Crippen MR) is 70.3 cm³/mol. The molecule has 4 heteroatoms. The maximum atomic E-state index is 11.0. The topological polar surface area (TPSA) is 55.8 Å². The summed E-state index contributed by atoms with van der Waals surface area (Å²) < 4.78 is 10.7. The van der Waals surface area contributed by atoms with Crippen LogP contribution in [0.3, 0.4) is 0 Å².